The van der Waals surface area contributed by atoms with Crippen LogP contribution in [-0.4, -0.2) is 51.8 Å². The molecule has 2 unspecified atom stereocenters. The Bertz CT molecular complexity index is 537. The van der Waals surface area contributed by atoms with Gasteiger partial charge in [-0.15, -0.1) is 0 Å². The highest BCUT2D eigenvalue weighted by Crippen LogP contribution is 2.31. The maximum atomic E-state index is 11.6. The quantitative estimate of drug-likeness (QED) is 0.769. The first-order valence-corrected chi connectivity index (χ1v) is 10.6. The Morgan fingerprint density at radius 1 is 1.05 bits per heavy atom. The monoisotopic (exact) mass is 323 g/mol. The molecular weight excluding hydrogens is 302 g/mol. The fraction of sp³-hybridized carbons (Fsp3) is 0.917. The maximum Gasteiger partial charge on any atom is 0.219 e. The minimum absolute atomic E-state index is 0.0538. The molecule has 0 aromatic carbocycles. The van der Waals surface area contributed by atoms with Gasteiger partial charge in [0.25, 0.3) is 0 Å². The van der Waals surface area contributed by atoms with Crippen LogP contribution < -0.4 is 5.32 Å². The second kappa shape index (κ2) is 5.63. The summed E-state index contributed by atoms with van der Waals surface area (Å²) < 4.78 is 46.4. The van der Waals surface area contributed by atoms with Crippen LogP contribution in [0.5, 0.6) is 0 Å². The Kier molecular flexibility index (Phi) is 4.44. The third-order valence-electron chi connectivity index (χ3n) is 4.20. The lowest BCUT2D eigenvalue weighted by molar-refractivity contribution is -0.122. The van der Waals surface area contributed by atoms with Gasteiger partial charge in [0, 0.05) is 12.5 Å². The van der Waals surface area contributed by atoms with Crippen molar-refractivity contribution in [1.82, 2.24) is 5.32 Å². The molecule has 0 radical (unpaired) electrons. The van der Waals surface area contributed by atoms with Crippen LogP contribution in [0, 0.1) is 11.8 Å². The van der Waals surface area contributed by atoms with Gasteiger partial charge in [-0.3, -0.25) is 4.79 Å². The van der Waals surface area contributed by atoms with Gasteiger partial charge in [0.1, 0.15) is 0 Å². The summed E-state index contributed by atoms with van der Waals surface area (Å²) in [5, 5.41) is 2.86. The van der Waals surface area contributed by atoms with Crippen LogP contribution in [0.2, 0.25) is 0 Å². The van der Waals surface area contributed by atoms with E-state index in [1.807, 2.05) is 0 Å². The first-order valence-electron chi connectivity index (χ1n) is 6.92. The largest absolute Gasteiger partial charge is 0.353 e. The summed E-state index contributed by atoms with van der Waals surface area (Å²) in [4.78, 5) is 11.6. The fourth-order valence-corrected chi connectivity index (χ4v) is 6.83. The van der Waals surface area contributed by atoms with E-state index < -0.39 is 19.7 Å². The molecule has 1 amide bonds. The number of hydrogen-bond donors (Lipinski definition) is 1. The standard InChI is InChI=1S/C12H21NO5S2/c1-2-11(14)13-12(9-3-5-19(15,16)7-9)10-4-6-20(17,18)8-10/h9-10,12H,2-8H2,1H3,(H,13,14). The minimum atomic E-state index is -3.04. The Balaban J connectivity index is 2.15. The van der Waals surface area contributed by atoms with Gasteiger partial charge >= 0.3 is 0 Å². The molecule has 0 saturated carbocycles. The van der Waals surface area contributed by atoms with E-state index in [9.17, 15) is 21.6 Å². The van der Waals surface area contributed by atoms with Crippen molar-refractivity contribution in [3.05, 3.63) is 0 Å². The summed E-state index contributed by atoms with van der Waals surface area (Å²) in [6.07, 6.45) is 1.33. The van der Waals surface area contributed by atoms with E-state index in [1.165, 1.54) is 0 Å². The summed E-state index contributed by atoms with van der Waals surface area (Å²) in [5.74, 6) is -0.0898. The summed E-state index contributed by atoms with van der Waals surface area (Å²) in [6.45, 7) is 1.73. The SMILES string of the molecule is CCC(=O)NC(C1CCS(=O)(=O)C1)C1CCS(=O)(=O)C1. The van der Waals surface area contributed by atoms with E-state index in [-0.39, 0.29) is 46.8 Å². The predicted molar refractivity (Wildman–Crippen MR) is 75.7 cm³/mol. The molecule has 2 atom stereocenters. The van der Waals surface area contributed by atoms with Gasteiger partial charge in [-0.2, -0.15) is 0 Å². The molecule has 0 aromatic heterocycles. The number of amides is 1. The minimum Gasteiger partial charge on any atom is -0.353 e. The Morgan fingerprint density at radius 3 is 1.80 bits per heavy atom. The molecule has 0 spiro atoms. The lowest BCUT2D eigenvalue weighted by Crippen LogP contribution is -2.46. The van der Waals surface area contributed by atoms with E-state index in [0.29, 0.717) is 19.3 Å². The second-order valence-electron chi connectivity index (χ2n) is 5.77. The smallest absolute Gasteiger partial charge is 0.219 e. The van der Waals surface area contributed by atoms with E-state index in [4.69, 9.17) is 0 Å². The maximum absolute atomic E-state index is 11.6. The number of sulfone groups is 2. The molecule has 0 aromatic rings. The van der Waals surface area contributed by atoms with Crippen molar-refractivity contribution in [2.75, 3.05) is 23.0 Å². The van der Waals surface area contributed by atoms with Crippen molar-refractivity contribution in [2.45, 2.75) is 32.2 Å². The van der Waals surface area contributed by atoms with E-state index in [0.717, 1.165) is 0 Å². The average molecular weight is 323 g/mol. The third-order valence-corrected chi connectivity index (χ3v) is 7.79. The third kappa shape index (κ3) is 3.72. The molecule has 1 N–H and O–H groups in total. The van der Waals surface area contributed by atoms with Crippen molar-refractivity contribution in [3.63, 3.8) is 0 Å². The summed E-state index contributed by atoms with van der Waals surface area (Å²) in [6, 6.07) is -0.336. The summed E-state index contributed by atoms with van der Waals surface area (Å²) in [5.41, 5.74) is 0. The molecular formula is C12H21NO5S2. The van der Waals surface area contributed by atoms with Crippen LogP contribution in [0.4, 0.5) is 0 Å². The predicted octanol–water partition coefficient (Wildman–Crippen LogP) is -0.249. The van der Waals surface area contributed by atoms with Crippen molar-refractivity contribution in [3.8, 4) is 0 Å². The van der Waals surface area contributed by atoms with Crippen molar-refractivity contribution in [2.24, 2.45) is 11.8 Å². The topological polar surface area (TPSA) is 97.4 Å². The average Bonchev–Trinajstić information content (AvgIpc) is 2.88. The molecule has 2 heterocycles. The number of hydrogen-bond acceptors (Lipinski definition) is 5. The first kappa shape index (κ1) is 15.8. The van der Waals surface area contributed by atoms with Gasteiger partial charge in [0.15, 0.2) is 19.7 Å². The molecule has 116 valence electrons. The van der Waals surface area contributed by atoms with Crippen LogP contribution >= 0.6 is 0 Å². The highest BCUT2D eigenvalue weighted by atomic mass is 32.2. The van der Waals surface area contributed by atoms with E-state index in [1.54, 1.807) is 6.92 Å². The van der Waals surface area contributed by atoms with Crippen LogP contribution in [-0.2, 0) is 24.5 Å². The van der Waals surface area contributed by atoms with Gasteiger partial charge in [-0.05, 0) is 24.7 Å². The van der Waals surface area contributed by atoms with Crippen LogP contribution in [0.1, 0.15) is 26.2 Å². The highest BCUT2D eigenvalue weighted by Gasteiger charge is 2.42. The second-order valence-corrected chi connectivity index (χ2v) is 10.2. The van der Waals surface area contributed by atoms with Crippen molar-refractivity contribution < 1.29 is 21.6 Å². The van der Waals surface area contributed by atoms with Gasteiger partial charge in [0.05, 0.1) is 23.0 Å². The van der Waals surface area contributed by atoms with E-state index in [2.05, 4.69) is 5.32 Å². The Labute approximate surface area is 120 Å². The fourth-order valence-electron chi connectivity index (χ4n) is 3.12. The summed E-state index contributed by atoms with van der Waals surface area (Å²) in [7, 11) is -6.08. The van der Waals surface area contributed by atoms with Gasteiger partial charge in [-0.25, -0.2) is 16.8 Å². The molecule has 6 nitrogen and oxygen atoms in total. The van der Waals surface area contributed by atoms with E-state index >= 15 is 0 Å². The Hall–Kier alpha value is -0.630. The van der Waals surface area contributed by atoms with Crippen LogP contribution in [0.15, 0.2) is 0 Å². The molecule has 2 saturated heterocycles. The molecule has 20 heavy (non-hydrogen) atoms. The van der Waals surface area contributed by atoms with Crippen molar-refractivity contribution in [1.29, 1.82) is 0 Å². The number of carbonyl (C=O) groups excluding carboxylic acids is 1. The Morgan fingerprint density at radius 2 is 1.50 bits per heavy atom. The highest BCUT2D eigenvalue weighted by molar-refractivity contribution is 7.91. The zero-order valence-electron chi connectivity index (χ0n) is 11.5. The zero-order valence-corrected chi connectivity index (χ0v) is 13.2. The molecule has 2 rings (SSSR count). The lowest BCUT2D eigenvalue weighted by atomic mass is 9.87. The van der Waals surface area contributed by atoms with Gasteiger partial charge in [-0.1, -0.05) is 6.92 Å². The number of carbonyl (C=O) groups is 1. The molecule has 2 aliphatic rings. The lowest BCUT2D eigenvalue weighted by Gasteiger charge is -2.28. The normalized spacial score (nSPS) is 32.9. The van der Waals surface area contributed by atoms with Crippen molar-refractivity contribution >= 4 is 25.6 Å². The summed E-state index contributed by atoms with van der Waals surface area (Å²) >= 11 is 0. The molecule has 2 fully saturated rings. The van der Waals surface area contributed by atoms with Crippen LogP contribution in [0.25, 0.3) is 0 Å². The first-order chi connectivity index (χ1) is 9.22. The molecule has 2 aliphatic heterocycles. The van der Waals surface area contributed by atoms with Gasteiger partial charge in [0.2, 0.25) is 5.91 Å². The number of nitrogens with one attached hydrogen (secondary N) is 1. The number of rotatable bonds is 4. The molecule has 8 heteroatoms. The van der Waals surface area contributed by atoms with Gasteiger partial charge < -0.3 is 5.32 Å². The zero-order chi connectivity index (χ0) is 15.0. The molecule has 0 bridgehead atoms. The van der Waals surface area contributed by atoms with Crippen LogP contribution in [0.3, 0.4) is 0 Å². The molecule has 0 aliphatic carbocycles.